The van der Waals surface area contributed by atoms with E-state index < -0.39 is 29.1 Å². The summed E-state index contributed by atoms with van der Waals surface area (Å²) < 4.78 is 81.9. The van der Waals surface area contributed by atoms with Gasteiger partial charge in [0.1, 0.15) is 57.1 Å². The number of nitrogens with one attached hydrogen (secondary N) is 5. The third-order valence-electron chi connectivity index (χ3n) is 21.2. The van der Waals surface area contributed by atoms with Crippen LogP contribution in [0.5, 0.6) is 5.88 Å². The normalized spacial score (nSPS) is 11.4. The molecular weight excluding hydrogens is 1690 g/mol. The molecular formula is C100H85F5N10O6S5. The Balaban J connectivity index is 0.000000116. The van der Waals surface area contributed by atoms with E-state index in [2.05, 4.69) is 59.3 Å². The van der Waals surface area contributed by atoms with E-state index in [0.29, 0.717) is 76.6 Å². The van der Waals surface area contributed by atoms with Gasteiger partial charge < -0.3 is 31.3 Å². The molecule has 0 amide bonds. The van der Waals surface area contributed by atoms with Crippen molar-refractivity contribution in [2.24, 2.45) is 0 Å². The first-order valence-electron chi connectivity index (χ1n) is 42.0. The van der Waals surface area contributed by atoms with Gasteiger partial charge in [-0.25, -0.2) is 46.9 Å². The summed E-state index contributed by atoms with van der Waals surface area (Å²) in [4.78, 5) is 89.1. The zero-order valence-electron chi connectivity index (χ0n) is 69.4. The van der Waals surface area contributed by atoms with E-state index in [0.717, 1.165) is 205 Å². The Hall–Kier alpha value is -12.7. The predicted octanol–water partition coefficient (Wildman–Crippen LogP) is 25.3. The van der Waals surface area contributed by atoms with E-state index in [4.69, 9.17) is 24.7 Å². The van der Waals surface area contributed by atoms with Crippen LogP contribution in [0.15, 0.2) is 236 Å². The van der Waals surface area contributed by atoms with E-state index >= 15 is 0 Å². The second kappa shape index (κ2) is 39.2. The minimum Gasteiger partial charge on any atom is -0.477 e. The molecule has 126 heavy (non-hydrogen) atoms. The fourth-order valence-electron chi connectivity index (χ4n) is 15.1. The minimum atomic E-state index is -0.410. The maximum Gasteiger partial charge on any atom is 0.232 e. The van der Waals surface area contributed by atoms with Gasteiger partial charge in [0.15, 0.2) is 27.1 Å². The summed E-state index contributed by atoms with van der Waals surface area (Å²) in [6, 6.07) is 59.7. The third-order valence-corrected chi connectivity index (χ3v) is 27.1. The molecule has 0 unspecified atom stereocenters. The topological polar surface area (TPSA) is 219 Å². The van der Waals surface area contributed by atoms with Crippen molar-refractivity contribution < 1.29 is 26.7 Å². The zero-order valence-corrected chi connectivity index (χ0v) is 73.5. The van der Waals surface area contributed by atoms with E-state index in [1.807, 2.05) is 128 Å². The molecule has 0 atom stereocenters. The Morgan fingerprint density at radius 2 is 0.532 bits per heavy atom. The highest BCUT2D eigenvalue weighted by atomic mass is 32.1. The average molecular weight is 1780 g/mol. The summed E-state index contributed by atoms with van der Waals surface area (Å²) >= 11 is 7.33. The van der Waals surface area contributed by atoms with Crippen molar-refractivity contribution in [1.29, 1.82) is 0 Å². The van der Waals surface area contributed by atoms with Gasteiger partial charge in [0.2, 0.25) is 5.88 Å². The molecule has 5 N–H and O–H groups in total. The molecule has 10 aromatic carbocycles. The lowest BCUT2D eigenvalue weighted by atomic mass is 10.1. The van der Waals surface area contributed by atoms with Gasteiger partial charge in [-0.1, -0.05) is 138 Å². The molecule has 0 bridgehead atoms. The first-order valence-corrected chi connectivity index (χ1v) is 46.1. The number of pyridine rings is 5. The van der Waals surface area contributed by atoms with Crippen LogP contribution in [0.2, 0.25) is 0 Å². The number of nitrogens with zero attached hydrogens (tertiary/aromatic N) is 5. The van der Waals surface area contributed by atoms with Crippen molar-refractivity contribution in [3.8, 4) is 5.88 Å². The number of aromatic nitrogens is 5. The molecule has 16 nitrogen and oxygen atoms in total. The molecule has 0 aliphatic heterocycles. The van der Waals surface area contributed by atoms with E-state index in [-0.39, 0.29) is 27.1 Å². The number of fused-ring (bicyclic) bond motifs is 20. The van der Waals surface area contributed by atoms with Crippen molar-refractivity contribution >= 4 is 235 Å². The van der Waals surface area contributed by atoms with Crippen LogP contribution >= 0.6 is 56.7 Å². The summed E-state index contributed by atoms with van der Waals surface area (Å²) in [7, 11) is 0. The lowest BCUT2D eigenvalue weighted by Gasteiger charge is -2.12. The molecule has 0 saturated heterocycles. The predicted molar refractivity (Wildman–Crippen MR) is 522 cm³/mol. The van der Waals surface area contributed by atoms with Crippen LogP contribution in [0, 0.1) is 29.1 Å². The molecule has 26 heteroatoms. The second-order valence-corrected chi connectivity index (χ2v) is 35.4. The number of unbranched alkanes of at least 4 members (excludes halogenated alkanes) is 2. The van der Waals surface area contributed by atoms with Crippen molar-refractivity contribution in [2.75, 3.05) is 67.1 Å². The Labute approximate surface area is 738 Å². The Morgan fingerprint density at radius 1 is 0.270 bits per heavy atom. The monoisotopic (exact) mass is 1780 g/mol. The molecule has 20 rings (SSSR count). The van der Waals surface area contributed by atoms with E-state index in [1.165, 1.54) is 117 Å². The van der Waals surface area contributed by atoms with Crippen molar-refractivity contribution in [2.45, 2.75) is 86.0 Å². The fourth-order valence-corrected chi connectivity index (χ4v) is 20.8. The first kappa shape index (κ1) is 86.8. The lowest BCUT2D eigenvalue weighted by Crippen LogP contribution is -2.19. The molecule has 636 valence electrons. The number of anilines is 4. The number of halogens is 5. The van der Waals surface area contributed by atoms with Crippen LogP contribution in [0.1, 0.15) is 86.0 Å². The zero-order chi connectivity index (χ0) is 87.6. The molecule has 0 spiro atoms. The smallest absolute Gasteiger partial charge is 0.232 e. The van der Waals surface area contributed by atoms with Crippen LogP contribution in [0.3, 0.4) is 0 Å². The van der Waals surface area contributed by atoms with Crippen LogP contribution < -0.4 is 58.5 Å². The van der Waals surface area contributed by atoms with E-state index in [1.54, 1.807) is 30.3 Å². The molecule has 0 aliphatic rings. The summed E-state index contributed by atoms with van der Waals surface area (Å²) in [6.07, 6.45) is 8.12. The van der Waals surface area contributed by atoms with Crippen LogP contribution in [-0.4, -0.2) is 70.8 Å². The van der Waals surface area contributed by atoms with Gasteiger partial charge in [-0.3, -0.25) is 24.0 Å². The highest BCUT2D eigenvalue weighted by molar-refractivity contribution is 7.27. The Bertz CT molecular complexity index is 7570. The first-order chi connectivity index (χ1) is 61.4. The number of para-hydroxylation sites is 5. The van der Waals surface area contributed by atoms with Gasteiger partial charge in [-0.2, -0.15) is 0 Å². The SMILES string of the molecule is CCCCNc1nc2ccccc2c2c(=O)c3cc(F)ccc3sc12.CCCCNc1nc2ccccc2c2c(=O)c3cc(F)ccc3sc12.CCCNCCCNc1nc2ccccc2c2c(=O)c3cc(F)ccc3sc12.CCCNc1nc2ccccc2c2c(=O)c3cc(F)ccc3sc12.CCCOc1nc2ccccc2c2c(=O)c3cc(F)ccc3sc12. The molecule has 20 aromatic rings. The van der Waals surface area contributed by atoms with Crippen LogP contribution in [0.4, 0.5) is 45.2 Å². The second-order valence-electron chi connectivity index (χ2n) is 30.1. The number of benzene rings is 10. The van der Waals surface area contributed by atoms with Gasteiger partial charge in [-0.05, 0) is 173 Å². The molecule has 0 fully saturated rings. The Morgan fingerprint density at radius 3 is 0.817 bits per heavy atom. The van der Waals surface area contributed by atoms with Crippen molar-refractivity contribution in [3.63, 3.8) is 0 Å². The van der Waals surface area contributed by atoms with Gasteiger partial charge >= 0.3 is 0 Å². The van der Waals surface area contributed by atoms with Gasteiger partial charge in [0.25, 0.3) is 0 Å². The number of ether oxygens (including phenoxy) is 1. The standard InChI is InChI=1S/C22H22FN3OS.2C20H17FN2OS.C19H15FN2OS.C19H14FNO2S/c1-2-10-24-11-5-12-25-22-21-19(15-6-3-4-7-17(15)26-22)20(27)16-13-14(23)8-9-18(16)28-21;2*1-2-3-10-22-20-19-17(13-6-4-5-7-15(13)23-20)18(24)14-11-12(21)8-9-16(14)25-19;1-2-9-21-19-18-16(12-5-3-4-6-14(12)22-19)17(23)13-10-11(20)7-8-15(13)24-18;1-2-9-23-19-18-16(12-5-3-4-6-14(12)21-19)17(22)13-10-11(20)7-8-15(13)24-18/h3-4,6-9,13,24H,2,5,10-12H2,1H3,(H,25,26);2*4-9,11H,2-3,10H2,1H3,(H,22,23);3-8,10H,2,9H2,1H3,(H,21,22);3-8,10H,2,9H2,1H3. The fraction of sp³-hybridized carbons (Fsp3) is 0.200. The highest BCUT2D eigenvalue weighted by Crippen LogP contribution is 2.41. The summed E-state index contributed by atoms with van der Waals surface area (Å²) in [5.41, 5.74) is 3.04. The van der Waals surface area contributed by atoms with Crippen LogP contribution in [0.25, 0.3) is 155 Å². The molecule has 0 aliphatic carbocycles. The molecule has 0 radical (unpaired) electrons. The lowest BCUT2D eigenvalue weighted by molar-refractivity contribution is 0.311. The van der Waals surface area contributed by atoms with Crippen molar-refractivity contribution in [1.82, 2.24) is 30.2 Å². The molecule has 10 heterocycles. The summed E-state index contributed by atoms with van der Waals surface area (Å²) in [6.45, 7) is 16.1. The average Bonchev–Trinajstić information content (AvgIpc) is 0.764. The van der Waals surface area contributed by atoms with Gasteiger partial charge in [0.05, 0.1) is 79.9 Å². The third kappa shape index (κ3) is 18.1. The van der Waals surface area contributed by atoms with Gasteiger partial charge in [-0.15, -0.1) is 56.7 Å². The number of hydrogen-bond donors (Lipinski definition) is 5. The van der Waals surface area contributed by atoms with E-state index in [9.17, 15) is 45.9 Å². The Kier molecular flexibility index (Phi) is 27.0. The van der Waals surface area contributed by atoms with Crippen molar-refractivity contribution in [3.05, 3.63) is 293 Å². The molecule has 0 saturated carbocycles. The highest BCUT2D eigenvalue weighted by Gasteiger charge is 2.23. The quantitative estimate of drug-likeness (QED) is 0.0195. The molecule has 10 aromatic heterocycles. The minimum absolute atomic E-state index is 0.139. The maximum absolute atomic E-state index is 13.7. The number of rotatable bonds is 21. The maximum atomic E-state index is 13.7. The van der Waals surface area contributed by atoms with Crippen LogP contribution in [-0.2, 0) is 0 Å². The largest absolute Gasteiger partial charge is 0.477 e. The summed E-state index contributed by atoms with van der Waals surface area (Å²) in [5.74, 6) is 1.39. The summed E-state index contributed by atoms with van der Waals surface area (Å²) in [5, 5.41) is 25.9. The van der Waals surface area contributed by atoms with Gasteiger partial charge in [0, 0.05) is 104 Å². The number of hydrogen-bond acceptors (Lipinski definition) is 21.